The van der Waals surface area contributed by atoms with Crippen molar-refractivity contribution in [2.75, 3.05) is 5.32 Å². The number of pyridine rings is 1. The van der Waals surface area contributed by atoms with Gasteiger partial charge in [0.25, 0.3) is 0 Å². The van der Waals surface area contributed by atoms with Gasteiger partial charge >= 0.3 is 5.97 Å². The van der Waals surface area contributed by atoms with Crippen molar-refractivity contribution in [1.29, 1.82) is 0 Å². The minimum atomic E-state index is -1.02. The Kier molecular flexibility index (Phi) is 3.82. The van der Waals surface area contributed by atoms with Crippen LogP contribution in [0.1, 0.15) is 23.7 Å². The molecular weight excluding hydrogens is 210 g/mol. The Labute approximate surface area is 92.5 Å². The van der Waals surface area contributed by atoms with Gasteiger partial charge in [-0.2, -0.15) is 0 Å². The standard InChI is InChI=1S/C10H13N3O3/c1-6(4-8(11)14)13-9-3-2-7(5-12-9)10(15)16/h2-3,5-6H,4H2,1H3,(H2,11,14)(H,12,13)(H,15,16). The van der Waals surface area contributed by atoms with E-state index in [1.165, 1.54) is 12.3 Å². The minimum absolute atomic E-state index is 0.119. The molecule has 1 amide bonds. The first-order chi connectivity index (χ1) is 7.49. The van der Waals surface area contributed by atoms with E-state index in [4.69, 9.17) is 10.8 Å². The number of hydrogen-bond acceptors (Lipinski definition) is 4. The van der Waals surface area contributed by atoms with E-state index in [-0.39, 0.29) is 18.0 Å². The Balaban J connectivity index is 2.61. The molecule has 86 valence electrons. The molecule has 0 fully saturated rings. The van der Waals surface area contributed by atoms with Crippen LogP contribution in [0.4, 0.5) is 5.82 Å². The van der Waals surface area contributed by atoms with E-state index in [1.807, 2.05) is 0 Å². The van der Waals surface area contributed by atoms with E-state index in [0.29, 0.717) is 5.82 Å². The zero-order chi connectivity index (χ0) is 12.1. The topological polar surface area (TPSA) is 105 Å². The van der Waals surface area contributed by atoms with Crippen molar-refractivity contribution in [1.82, 2.24) is 4.98 Å². The summed E-state index contributed by atoms with van der Waals surface area (Å²) in [5.74, 6) is -0.912. The van der Waals surface area contributed by atoms with E-state index >= 15 is 0 Å². The number of primary amides is 1. The maximum atomic E-state index is 10.6. The number of nitrogens with zero attached hydrogens (tertiary/aromatic N) is 1. The van der Waals surface area contributed by atoms with E-state index in [1.54, 1.807) is 13.0 Å². The quantitative estimate of drug-likeness (QED) is 0.672. The zero-order valence-corrected chi connectivity index (χ0v) is 8.80. The molecule has 6 heteroatoms. The Morgan fingerprint density at radius 3 is 2.69 bits per heavy atom. The van der Waals surface area contributed by atoms with Gasteiger partial charge in [0.2, 0.25) is 5.91 Å². The normalized spacial score (nSPS) is 11.8. The van der Waals surface area contributed by atoms with Crippen molar-refractivity contribution < 1.29 is 14.7 Å². The predicted octanol–water partition coefficient (Wildman–Crippen LogP) is 0.456. The number of amides is 1. The molecule has 1 unspecified atom stereocenters. The summed E-state index contributed by atoms with van der Waals surface area (Å²) >= 11 is 0. The molecule has 4 N–H and O–H groups in total. The Bertz CT molecular complexity index is 389. The highest BCUT2D eigenvalue weighted by Crippen LogP contribution is 2.07. The smallest absolute Gasteiger partial charge is 0.337 e. The van der Waals surface area contributed by atoms with E-state index < -0.39 is 11.9 Å². The van der Waals surface area contributed by atoms with Crippen LogP contribution in [0.3, 0.4) is 0 Å². The summed E-state index contributed by atoms with van der Waals surface area (Å²) in [5.41, 5.74) is 5.15. The summed E-state index contributed by atoms with van der Waals surface area (Å²) in [4.78, 5) is 25.1. The van der Waals surface area contributed by atoms with Crippen LogP contribution in [-0.4, -0.2) is 28.0 Å². The number of anilines is 1. The summed E-state index contributed by atoms with van der Waals surface area (Å²) in [7, 11) is 0. The highest BCUT2D eigenvalue weighted by molar-refractivity contribution is 5.87. The number of nitrogens with two attached hydrogens (primary N) is 1. The minimum Gasteiger partial charge on any atom is -0.478 e. The third-order valence-electron chi connectivity index (χ3n) is 1.91. The molecule has 0 aliphatic rings. The number of rotatable bonds is 5. The van der Waals surface area contributed by atoms with Gasteiger partial charge in [-0.05, 0) is 19.1 Å². The number of aromatic carboxylic acids is 1. The molecular formula is C10H13N3O3. The second-order valence-corrected chi connectivity index (χ2v) is 3.45. The van der Waals surface area contributed by atoms with Crippen molar-refractivity contribution in [2.24, 2.45) is 5.73 Å². The molecule has 1 aromatic rings. The molecule has 6 nitrogen and oxygen atoms in total. The largest absolute Gasteiger partial charge is 0.478 e. The number of nitrogens with one attached hydrogen (secondary N) is 1. The molecule has 0 saturated heterocycles. The van der Waals surface area contributed by atoms with Gasteiger partial charge in [-0.25, -0.2) is 9.78 Å². The van der Waals surface area contributed by atoms with Crippen molar-refractivity contribution in [2.45, 2.75) is 19.4 Å². The molecule has 1 aromatic heterocycles. The Morgan fingerprint density at radius 1 is 1.56 bits per heavy atom. The molecule has 0 aliphatic carbocycles. The first-order valence-corrected chi connectivity index (χ1v) is 4.73. The summed E-state index contributed by atoms with van der Waals surface area (Å²) in [5, 5.41) is 11.6. The monoisotopic (exact) mass is 223 g/mol. The summed E-state index contributed by atoms with van der Waals surface area (Å²) < 4.78 is 0. The second-order valence-electron chi connectivity index (χ2n) is 3.45. The van der Waals surface area contributed by atoms with Gasteiger partial charge in [0.15, 0.2) is 0 Å². The molecule has 16 heavy (non-hydrogen) atoms. The van der Waals surface area contributed by atoms with Crippen LogP contribution in [0.2, 0.25) is 0 Å². The van der Waals surface area contributed by atoms with Gasteiger partial charge in [-0.15, -0.1) is 0 Å². The summed E-state index contributed by atoms with van der Waals surface area (Å²) in [6, 6.07) is 2.84. The maximum absolute atomic E-state index is 10.6. The molecule has 0 aromatic carbocycles. The molecule has 0 aliphatic heterocycles. The number of carboxylic acid groups (broad SMARTS) is 1. The Hall–Kier alpha value is -2.11. The molecule has 1 atom stereocenters. The van der Waals surface area contributed by atoms with Crippen LogP contribution >= 0.6 is 0 Å². The molecule has 0 saturated carbocycles. The number of hydrogen-bond donors (Lipinski definition) is 3. The molecule has 0 spiro atoms. The first-order valence-electron chi connectivity index (χ1n) is 4.73. The van der Waals surface area contributed by atoms with Crippen molar-refractivity contribution in [3.8, 4) is 0 Å². The van der Waals surface area contributed by atoms with Gasteiger partial charge in [0.1, 0.15) is 5.82 Å². The number of aromatic nitrogens is 1. The zero-order valence-electron chi connectivity index (χ0n) is 8.80. The lowest BCUT2D eigenvalue weighted by Gasteiger charge is -2.12. The fraction of sp³-hybridized carbons (Fsp3) is 0.300. The van der Waals surface area contributed by atoms with E-state index in [9.17, 15) is 9.59 Å². The average Bonchev–Trinajstić information content (AvgIpc) is 2.16. The molecule has 0 bridgehead atoms. The molecule has 0 radical (unpaired) electrons. The highest BCUT2D eigenvalue weighted by Gasteiger charge is 2.07. The summed E-state index contributed by atoms with van der Waals surface area (Å²) in [6.07, 6.45) is 1.45. The lowest BCUT2D eigenvalue weighted by Crippen LogP contribution is -2.24. The third kappa shape index (κ3) is 3.56. The predicted molar refractivity (Wildman–Crippen MR) is 58.1 cm³/mol. The van der Waals surface area contributed by atoms with Gasteiger partial charge in [-0.3, -0.25) is 4.79 Å². The van der Waals surface area contributed by atoms with Crippen LogP contribution in [0.15, 0.2) is 18.3 Å². The SMILES string of the molecule is CC(CC(N)=O)Nc1ccc(C(=O)O)cn1. The van der Waals surface area contributed by atoms with Crippen LogP contribution in [0.25, 0.3) is 0 Å². The van der Waals surface area contributed by atoms with Crippen LogP contribution in [0.5, 0.6) is 0 Å². The lowest BCUT2D eigenvalue weighted by atomic mass is 10.2. The van der Waals surface area contributed by atoms with Gasteiger partial charge in [-0.1, -0.05) is 0 Å². The lowest BCUT2D eigenvalue weighted by molar-refractivity contribution is -0.118. The van der Waals surface area contributed by atoms with E-state index in [0.717, 1.165) is 0 Å². The third-order valence-corrected chi connectivity index (χ3v) is 1.91. The maximum Gasteiger partial charge on any atom is 0.337 e. The number of carbonyl (C=O) groups is 2. The van der Waals surface area contributed by atoms with Gasteiger partial charge < -0.3 is 16.2 Å². The van der Waals surface area contributed by atoms with Crippen molar-refractivity contribution >= 4 is 17.7 Å². The Morgan fingerprint density at radius 2 is 2.25 bits per heavy atom. The first kappa shape index (κ1) is 12.0. The van der Waals surface area contributed by atoms with Crippen LogP contribution in [-0.2, 0) is 4.79 Å². The molecule has 1 rings (SSSR count). The second kappa shape index (κ2) is 5.11. The fourth-order valence-corrected chi connectivity index (χ4v) is 1.21. The molecule has 1 heterocycles. The number of carboxylic acids is 1. The van der Waals surface area contributed by atoms with Crippen LogP contribution < -0.4 is 11.1 Å². The summed E-state index contributed by atoms with van der Waals surface area (Å²) in [6.45, 7) is 1.79. The fourth-order valence-electron chi connectivity index (χ4n) is 1.21. The van der Waals surface area contributed by atoms with Gasteiger partial charge in [0.05, 0.1) is 5.56 Å². The number of carbonyl (C=O) groups excluding carboxylic acids is 1. The van der Waals surface area contributed by atoms with Crippen molar-refractivity contribution in [3.05, 3.63) is 23.9 Å². The van der Waals surface area contributed by atoms with Crippen LogP contribution in [0, 0.1) is 0 Å². The van der Waals surface area contributed by atoms with Gasteiger partial charge in [0, 0.05) is 18.7 Å². The average molecular weight is 223 g/mol. The highest BCUT2D eigenvalue weighted by atomic mass is 16.4. The van der Waals surface area contributed by atoms with E-state index in [2.05, 4.69) is 10.3 Å². The van der Waals surface area contributed by atoms with Crippen molar-refractivity contribution in [3.63, 3.8) is 0 Å².